The molecule has 0 saturated carbocycles. The van der Waals surface area contributed by atoms with Gasteiger partial charge in [0.25, 0.3) is 0 Å². The summed E-state index contributed by atoms with van der Waals surface area (Å²) in [5.41, 5.74) is 1.19. The summed E-state index contributed by atoms with van der Waals surface area (Å²) >= 11 is 0. The van der Waals surface area contributed by atoms with Crippen LogP contribution in [0.5, 0.6) is 0 Å². The molecule has 8 heteroatoms. The van der Waals surface area contributed by atoms with E-state index >= 15 is 0 Å². The monoisotopic (exact) mass is 370 g/mol. The minimum atomic E-state index is -0.974. The van der Waals surface area contributed by atoms with Crippen LogP contribution in [0.25, 0.3) is 0 Å². The molecular formula is C19H16F2N4O2. The van der Waals surface area contributed by atoms with Crippen molar-refractivity contribution in [3.63, 3.8) is 0 Å². The predicted molar refractivity (Wildman–Crippen MR) is 97.4 cm³/mol. The number of para-hydroxylation sites is 1. The first kappa shape index (κ1) is 18.2. The molecule has 1 aromatic heterocycles. The lowest BCUT2D eigenvalue weighted by atomic mass is 10.2. The molecular weight excluding hydrogens is 354 g/mol. The normalized spacial score (nSPS) is 10.3. The van der Waals surface area contributed by atoms with Gasteiger partial charge in [-0.1, -0.05) is 12.1 Å². The van der Waals surface area contributed by atoms with Crippen molar-refractivity contribution in [2.45, 2.75) is 6.92 Å². The predicted octanol–water partition coefficient (Wildman–Crippen LogP) is 4.42. The van der Waals surface area contributed by atoms with Gasteiger partial charge in [-0.3, -0.25) is 0 Å². The third-order valence-electron chi connectivity index (χ3n) is 3.52. The van der Waals surface area contributed by atoms with Crippen LogP contribution in [-0.4, -0.2) is 22.5 Å². The highest BCUT2D eigenvalue weighted by Gasteiger charge is 2.12. The average Bonchev–Trinajstić information content (AvgIpc) is 2.66. The van der Waals surface area contributed by atoms with E-state index in [1.54, 1.807) is 37.3 Å². The SMILES string of the molecule is CCOC(=O)c1ccccc1Nc1ccnc(Nc2ccc(F)c(F)c2)n1. The molecule has 2 aromatic carbocycles. The van der Waals surface area contributed by atoms with Gasteiger partial charge in [-0.25, -0.2) is 18.6 Å². The van der Waals surface area contributed by atoms with Crippen molar-refractivity contribution >= 4 is 29.1 Å². The highest BCUT2D eigenvalue weighted by molar-refractivity contribution is 5.96. The van der Waals surface area contributed by atoms with Crippen molar-refractivity contribution in [2.75, 3.05) is 17.2 Å². The molecule has 0 atom stereocenters. The molecule has 3 rings (SSSR count). The number of halogens is 2. The van der Waals surface area contributed by atoms with Gasteiger partial charge in [0.2, 0.25) is 5.95 Å². The second kappa shape index (κ2) is 8.22. The van der Waals surface area contributed by atoms with Crippen LogP contribution < -0.4 is 10.6 Å². The maximum absolute atomic E-state index is 13.3. The topological polar surface area (TPSA) is 76.1 Å². The van der Waals surface area contributed by atoms with E-state index in [0.717, 1.165) is 12.1 Å². The number of anilines is 4. The summed E-state index contributed by atoms with van der Waals surface area (Å²) in [4.78, 5) is 20.4. The Morgan fingerprint density at radius 3 is 2.67 bits per heavy atom. The third kappa shape index (κ3) is 4.55. The molecule has 0 bridgehead atoms. The van der Waals surface area contributed by atoms with Crippen LogP contribution in [0.3, 0.4) is 0 Å². The van der Waals surface area contributed by atoms with Crippen LogP contribution in [0.2, 0.25) is 0 Å². The van der Waals surface area contributed by atoms with E-state index in [-0.39, 0.29) is 12.6 Å². The molecule has 3 aromatic rings. The van der Waals surface area contributed by atoms with E-state index < -0.39 is 17.6 Å². The number of carbonyl (C=O) groups is 1. The highest BCUT2D eigenvalue weighted by Crippen LogP contribution is 2.22. The lowest BCUT2D eigenvalue weighted by Gasteiger charge is -2.11. The van der Waals surface area contributed by atoms with Gasteiger partial charge in [-0.15, -0.1) is 0 Å². The molecule has 2 N–H and O–H groups in total. The first-order valence-corrected chi connectivity index (χ1v) is 8.15. The quantitative estimate of drug-likeness (QED) is 0.626. The smallest absolute Gasteiger partial charge is 0.340 e. The Morgan fingerprint density at radius 1 is 1.07 bits per heavy atom. The zero-order valence-corrected chi connectivity index (χ0v) is 14.4. The van der Waals surface area contributed by atoms with Crippen molar-refractivity contribution < 1.29 is 18.3 Å². The molecule has 0 radical (unpaired) electrons. The molecule has 27 heavy (non-hydrogen) atoms. The summed E-state index contributed by atoms with van der Waals surface area (Å²) < 4.78 is 31.4. The Balaban J connectivity index is 1.80. The van der Waals surface area contributed by atoms with E-state index in [4.69, 9.17) is 4.74 Å². The maximum Gasteiger partial charge on any atom is 0.340 e. The fourth-order valence-electron chi connectivity index (χ4n) is 2.31. The summed E-state index contributed by atoms with van der Waals surface area (Å²) in [7, 11) is 0. The number of ether oxygens (including phenoxy) is 1. The minimum absolute atomic E-state index is 0.180. The summed E-state index contributed by atoms with van der Waals surface area (Å²) in [5, 5.41) is 5.83. The molecule has 0 amide bonds. The third-order valence-corrected chi connectivity index (χ3v) is 3.52. The van der Waals surface area contributed by atoms with E-state index in [2.05, 4.69) is 20.6 Å². The number of hydrogen-bond acceptors (Lipinski definition) is 6. The van der Waals surface area contributed by atoms with E-state index in [0.29, 0.717) is 22.8 Å². The van der Waals surface area contributed by atoms with Crippen molar-refractivity contribution in [3.05, 3.63) is 71.9 Å². The van der Waals surface area contributed by atoms with Gasteiger partial charge < -0.3 is 15.4 Å². The van der Waals surface area contributed by atoms with Gasteiger partial charge in [-0.05, 0) is 37.3 Å². The zero-order chi connectivity index (χ0) is 19.2. The Hall–Kier alpha value is -3.55. The molecule has 0 aliphatic heterocycles. The van der Waals surface area contributed by atoms with Gasteiger partial charge in [0.1, 0.15) is 5.82 Å². The average molecular weight is 370 g/mol. The van der Waals surface area contributed by atoms with Crippen molar-refractivity contribution in [1.29, 1.82) is 0 Å². The largest absolute Gasteiger partial charge is 0.462 e. The van der Waals surface area contributed by atoms with Crippen molar-refractivity contribution in [1.82, 2.24) is 9.97 Å². The second-order valence-corrected chi connectivity index (χ2v) is 5.41. The van der Waals surface area contributed by atoms with Crippen LogP contribution in [0, 0.1) is 11.6 Å². The summed E-state index contributed by atoms with van der Waals surface area (Å²) in [6, 6.07) is 11.9. The number of hydrogen-bond donors (Lipinski definition) is 2. The van der Waals surface area contributed by atoms with E-state index in [1.165, 1.54) is 12.3 Å². The van der Waals surface area contributed by atoms with Gasteiger partial charge in [0.05, 0.1) is 17.9 Å². The lowest BCUT2D eigenvalue weighted by molar-refractivity contribution is 0.0527. The maximum atomic E-state index is 13.3. The van der Waals surface area contributed by atoms with Gasteiger partial charge >= 0.3 is 5.97 Å². The first-order valence-electron chi connectivity index (χ1n) is 8.15. The van der Waals surface area contributed by atoms with Crippen LogP contribution in [-0.2, 0) is 4.74 Å². The van der Waals surface area contributed by atoms with Crippen molar-refractivity contribution in [2.24, 2.45) is 0 Å². The fraction of sp³-hybridized carbons (Fsp3) is 0.105. The number of aromatic nitrogens is 2. The summed E-state index contributed by atoms with van der Waals surface area (Å²) in [6.07, 6.45) is 1.49. The number of nitrogens with one attached hydrogen (secondary N) is 2. The Labute approximate surface area is 154 Å². The second-order valence-electron chi connectivity index (χ2n) is 5.41. The molecule has 138 valence electrons. The lowest BCUT2D eigenvalue weighted by Crippen LogP contribution is -2.08. The number of benzene rings is 2. The van der Waals surface area contributed by atoms with Crippen LogP contribution >= 0.6 is 0 Å². The van der Waals surface area contributed by atoms with Crippen molar-refractivity contribution in [3.8, 4) is 0 Å². The first-order chi connectivity index (χ1) is 13.1. The molecule has 0 unspecified atom stereocenters. The van der Waals surface area contributed by atoms with Crippen LogP contribution in [0.4, 0.5) is 31.9 Å². The fourth-order valence-corrected chi connectivity index (χ4v) is 2.31. The molecule has 1 heterocycles. The van der Waals surface area contributed by atoms with Crippen LogP contribution in [0.1, 0.15) is 17.3 Å². The van der Waals surface area contributed by atoms with Gasteiger partial charge in [0.15, 0.2) is 11.6 Å². The van der Waals surface area contributed by atoms with E-state index in [9.17, 15) is 13.6 Å². The minimum Gasteiger partial charge on any atom is -0.462 e. The Kier molecular flexibility index (Phi) is 5.55. The highest BCUT2D eigenvalue weighted by atomic mass is 19.2. The molecule has 0 fully saturated rings. The molecule has 0 aliphatic rings. The number of rotatable bonds is 6. The summed E-state index contributed by atoms with van der Waals surface area (Å²) in [5.74, 6) is -1.77. The number of esters is 1. The number of nitrogens with zero attached hydrogens (tertiary/aromatic N) is 2. The van der Waals surface area contributed by atoms with Gasteiger partial charge in [0, 0.05) is 18.0 Å². The Morgan fingerprint density at radius 2 is 1.89 bits per heavy atom. The molecule has 0 saturated heterocycles. The van der Waals surface area contributed by atoms with Gasteiger partial charge in [-0.2, -0.15) is 4.98 Å². The standard InChI is InChI=1S/C19H16F2N4O2/c1-2-27-18(26)13-5-3-4-6-16(13)24-17-9-10-22-19(25-17)23-12-7-8-14(20)15(21)11-12/h3-11H,2H2,1H3,(H2,22,23,24,25). The molecule has 0 spiro atoms. The van der Waals surface area contributed by atoms with Crippen LogP contribution in [0.15, 0.2) is 54.7 Å². The Bertz CT molecular complexity index is 966. The molecule has 0 aliphatic carbocycles. The number of carbonyl (C=O) groups excluding carboxylic acids is 1. The van der Waals surface area contributed by atoms with E-state index in [1.807, 2.05) is 0 Å². The summed E-state index contributed by atoms with van der Waals surface area (Å²) in [6.45, 7) is 2.00. The molecule has 6 nitrogen and oxygen atoms in total. The zero-order valence-electron chi connectivity index (χ0n) is 14.4.